The van der Waals surface area contributed by atoms with Crippen LogP contribution in [-0.4, -0.2) is 26.1 Å². The maximum absolute atomic E-state index is 5.51. The average Bonchev–Trinajstić information content (AvgIpc) is 3.04. The molecule has 3 N–H and O–H groups in total. The standard InChI is InChI=1S/C14H17N5/c1-19-9-17-11-7-10(4-5-13(11)19)12-8-16-14(18-12)3-2-6-15/h4-5,7-9H,2-3,6,15H2,1H3,(H,16,18). The van der Waals surface area contributed by atoms with Crippen molar-refractivity contribution in [1.82, 2.24) is 19.5 Å². The van der Waals surface area contributed by atoms with Gasteiger partial charge >= 0.3 is 0 Å². The minimum atomic E-state index is 0.690. The van der Waals surface area contributed by atoms with Crippen LogP contribution >= 0.6 is 0 Å². The van der Waals surface area contributed by atoms with Crippen LogP contribution in [0.1, 0.15) is 12.2 Å². The number of fused-ring (bicyclic) bond motifs is 1. The Bertz CT molecular complexity index is 695. The van der Waals surface area contributed by atoms with Crippen LogP contribution in [0.25, 0.3) is 22.3 Å². The lowest BCUT2D eigenvalue weighted by Gasteiger charge is -1.99. The molecular weight excluding hydrogens is 238 g/mol. The molecule has 0 aliphatic rings. The quantitative estimate of drug-likeness (QED) is 0.747. The molecule has 0 fully saturated rings. The molecule has 0 saturated heterocycles. The molecule has 5 nitrogen and oxygen atoms in total. The van der Waals surface area contributed by atoms with Gasteiger partial charge in [-0.15, -0.1) is 0 Å². The Kier molecular flexibility index (Phi) is 3.05. The van der Waals surface area contributed by atoms with Crippen molar-refractivity contribution < 1.29 is 0 Å². The summed E-state index contributed by atoms with van der Waals surface area (Å²) in [6, 6.07) is 6.25. The van der Waals surface area contributed by atoms with Crippen molar-refractivity contribution in [3.05, 3.63) is 36.5 Å². The first-order valence-corrected chi connectivity index (χ1v) is 6.43. The van der Waals surface area contributed by atoms with E-state index in [9.17, 15) is 0 Å². The maximum Gasteiger partial charge on any atom is 0.106 e. The van der Waals surface area contributed by atoms with Crippen molar-refractivity contribution in [3.8, 4) is 11.3 Å². The maximum atomic E-state index is 5.51. The molecule has 3 aromatic rings. The molecule has 5 heteroatoms. The van der Waals surface area contributed by atoms with Crippen molar-refractivity contribution in [2.75, 3.05) is 6.54 Å². The average molecular weight is 255 g/mol. The van der Waals surface area contributed by atoms with E-state index >= 15 is 0 Å². The van der Waals surface area contributed by atoms with Crippen LogP contribution in [0.5, 0.6) is 0 Å². The van der Waals surface area contributed by atoms with Gasteiger partial charge in [0.1, 0.15) is 5.82 Å². The third-order valence-electron chi connectivity index (χ3n) is 3.28. The zero-order valence-corrected chi connectivity index (χ0v) is 10.9. The normalized spacial score (nSPS) is 11.3. The Hall–Kier alpha value is -2.14. The number of aromatic nitrogens is 4. The third kappa shape index (κ3) is 2.24. The minimum absolute atomic E-state index is 0.690. The van der Waals surface area contributed by atoms with Crippen LogP contribution in [0.3, 0.4) is 0 Å². The number of aryl methyl sites for hydroxylation is 2. The minimum Gasteiger partial charge on any atom is -0.342 e. The van der Waals surface area contributed by atoms with Gasteiger partial charge in [-0.2, -0.15) is 0 Å². The molecule has 3 rings (SSSR count). The highest BCUT2D eigenvalue weighted by molar-refractivity contribution is 5.81. The van der Waals surface area contributed by atoms with Crippen LogP contribution in [-0.2, 0) is 13.5 Å². The van der Waals surface area contributed by atoms with Crippen molar-refractivity contribution in [3.63, 3.8) is 0 Å². The van der Waals surface area contributed by atoms with Crippen LogP contribution in [0.15, 0.2) is 30.7 Å². The Morgan fingerprint density at radius 1 is 1.32 bits per heavy atom. The van der Waals surface area contributed by atoms with Crippen molar-refractivity contribution >= 4 is 11.0 Å². The molecular formula is C14H17N5. The van der Waals surface area contributed by atoms with Crippen molar-refractivity contribution in [2.24, 2.45) is 12.8 Å². The molecule has 0 amide bonds. The van der Waals surface area contributed by atoms with E-state index in [4.69, 9.17) is 5.73 Å². The number of aromatic amines is 1. The summed E-state index contributed by atoms with van der Waals surface area (Å²) in [7, 11) is 2.00. The number of hydrogen-bond donors (Lipinski definition) is 2. The van der Waals surface area contributed by atoms with E-state index in [0.717, 1.165) is 41.0 Å². The molecule has 0 atom stereocenters. The first-order chi connectivity index (χ1) is 9.28. The monoisotopic (exact) mass is 255 g/mol. The Balaban J connectivity index is 1.92. The van der Waals surface area contributed by atoms with Gasteiger partial charge < -0.3 is 15.3 Å². The van der Waals surface area contributed by atoms with E-state index < -0.39 is 0 Å². The van der Waals surface area contributed by atoms with Crippen molar-refractivity contribution in [2.45, 2.75) is 12.8 Å². The van der Waals surface area contributed by atoms with Gasteiger partial charge in [-0.3, -0.25) is 0 Å². The van der Waals surface area contributed by atoms with Crippen LogP contribution in [0, 0.1) is 0 Å². The summed E-state index contributed by atoms with van der Waals surface area (Å²) in [6.45, 7) is 0.690. The van der Waals surface area contributed by atoms with E-state index in [1.54, 1.807) is 0 Å². The van der Waals surface area contributed by atoms with Crippen LogP contribution in [0.2, 0.25) is 0 Å². The first kappa shape index (κ1) is 11.9. The highest BCUT2D eigenvalue weighted by atomic mass is 15.0. The molecule has 0 bridgehead atoms. The van der Waals surface area contributed by atoms with Gasteiger partial charge in [0.25, 0.3) is 0 Å². The molecule has 19 heavy (non-hydrogen) atoms. The topological polar surface area (TPSA) is 72.5 Å². The van der Waals surface area contributed by atoms with E-state index in [1.165, 1.54) is 0 Å². The number of imidazole rings is 2. The smallest absolute Gasteiger partial charge is 0.106 e. The summed E-state index contributed by atoms with van der Waals surface area (Å²) in [5.41, 5.74) is 9.77. The van der Waals surface area contributed by atoms with Crippen LogP contribution in [0.4, 0.5) is 0 Å². The lowest BCUT2D eigenvalue weighted by molar-refractivity contribution is 0.794. The molecule has 0 unspecified atom stereocenters. The van der Waals surface area contributed by atoms with E-state index in [2.05, 4.69) is 33.2 Å². The molecule has 0 spiro atoms. The van der Waals surface area contributed by atoms with Gasteiger partial charge in [-0.05, 0) is 25.1 Å². The summed E-state index contributed by atoms with van der Waals surface area (Å²) in [5.74, 6) is 0.988. The summed E-state index contributed by atoms with van der Waals surface area (Å²) in [4.78, 5) is 12.1. The highest BCUT2D eigenvalue weighted by Gasteiger charge is 2.06. The number of nitrogens with one attached hydrogen (secondary N) is 1. The van der Waals surface area contributed by atoms with Gasteiger partial charge in [-0.25, -0.2) is 9.97 Å². The predicted molar refractivity (Wildman–Crippen MR) is 75.7 cm³/mol. The SMILES string of the molecule is Cn1cnc2cc(-c3cnc(CCCN)[nH]3)ccc21. The summed E-state index contributed by atoms with van der Waals surface area (Å²) >= 11 is 0. The Labute approximate surface area is 111 Å². The molecule has 2 aromatic heterocycles. The largest absolute Gasteiger partial charge is 0.342 e. The predicted octanol–water partition coefficient (Wildman–Crippen LogP) is 1.85. The third-order valence-corrected chi connectivity index (χ3v) is 3.28. The number of rotatable bonds is 4. The zero-order valence-electron chi connectivity index (χ0n) is 10.9. The molecule has 0 aliphatic carbocycles. The number of nitrogens with two attached hydrogens (primary N) is 1. The molecule has 0 aliphatic heterocycles. The van der Waals surface area contributed by atoms with Crippen LogP contribution < -0.4 is 5.73 Å². The molecule has 1 aromatic carbocycles. The fraction of sp³-hybridized carbons (Fsp3) is 0.286. The van der Waals surface area contributed by atoms with Gasteiger partial charge in [0.2, 0.25) is 0 Å². The molecule has 0 radical (unpaired) electrons. The fourth-order valence-electron chi connectivity index (χ4n) is 2.21. The second-order valence-corrected chi connectivity index (χ2v) is 4.69. The number of benzene rings is 1. The highest BCUT2D eigenvalue weighted by Crippen LogP contribution is 2.22. The van der Waals surface area contributed by atoms with E-state index in [0.29, 0.717) is 6.54 Å². The second kappa shape index (κ2) is 4.85. The van der Waals surface area contributed by atoms with E-state index in [1.807, 2.05) is 24.1 Å². The summed E-state index contributed by atoms with van der Waals surface area (Å²) in [6.07, 6.45) is 5.54. The van der Waals surface area contributed by atoms with Gasteiger partial charge in [0.05, 0.1) is 29.3 Å². The molecule has 0 saturated carbocycles. The zero-order chi connectivity index (χ0) is 13.2. The number of H-pyrrole nitrogens is 1. The summed E-state index contributed by atoms with van der Waals surface area (Å²) < 4.78 is 2.01. The Morgan fingerprint density at radius 3 is 3.05 bits per heavy atom. The van der Waals surface area contributed by atoms with Gasteiger partial charge in [-0.1, -0.05) is 6.07 Å². The summed E-state index contributed by atoms with van der Waals surface area (Å²) in [5, 5.41) is 0. The molecule has 2 heterocycles. The van der Waals surface area contributed by atoms with Crippen molar-refractivity contribution in [1.29, 1.82) is 0 Å². The first-order valence-electron chi connectivity index (χ1n) is 6.43. The Morgan fingerprint density at radius 2 is 2.21 bits per heavy atom. The number of nitrogens with zero attached hydrogens (tertiary/aromatic N) is 3. The van der Waals surface area contributed by atoms with E-state index in [-0.39, 0.29) is 0 Å². The molecule has 98 valence electrons. The number of hydrogen-bond acceptors (Lipinski definition) is 3. The lowest BCUT2D eigenvalue weighted by Crippen LogP contribution is -2.01. The van der Waals surface area contributed by atoms with Gasteiger partial charge in [0.15, 0.2) is 0 Å². The fourth-order valence-corrected chi connectivity index (χ4v) is 2.21. The lowest BCUT2D eigenvalue weighted by atomic mass is 10.1. The van der Waals surface area contributed by atoms with Gasteiger partial charge in [0, 0.05) is 19.0 Å². The second-order valence-electron chi connectivity index (χ2n) is 4.69.